The summed E-state index contributed by atoms with van der Waals surface area (Å²) in [6.07, 6.45) is 0. The lowest BCUT2D eigenvalue weighted by molar-refractivity contribution is -0.133. The van der Waals surface area contributed by atoms with E-state index in [0.717, 1.165) is 12.1 Å². The fourth-order valence-corrected chi connectivity index (χ4v) is 4.12. The van der Waals surface area contributed by atoms with Gasteiger partial charge in [-0.2, -0.15) is 0 Å². The summed E-state index contributed by atoms with van der Waals surface area (Å²) in [5.41, 5.74) is 0.669. The third kappa shape index (κ3) is 4.88. The van der Waals surface area contributed by atoms with Crippen molar-refractivity contribution in [1.29, 1.82) is 0 Å². The summed E-state index contributed by atoms with van der Waals surface area (Å²) in [4.78, 5) is 32.5. The minimum absolute atomic E-state index is 0.0126. The van der Waals surface area contributed by atoms with Crippen LogP contribution in [0.1, 0.15) is 10.4 Å². The highest BCUT2D eigenvalue weighted by Crippen LogP contribution is 2.20. The van der Waals surface area contributed by atoms with Gasteiger partial charge >= 0.3 is 0 Å². The number of halogens is 3. The van der Waals surface area contributed by atoms with E-state index in [1.807, 2.05) is 9.80 Å². The maximum Gasteiger partial charge on any atom is 0.254 e. The van der Waals surface area contributed by atoms with Gasteiger partial charge in [-0.3, -0.25) is 14.5 Å². The van der Waals surface area contributed by atoms with Crippen molar-refractivity contribution in [2.24, 2.45) is 0 Å². The Morgan fingerprint density at radius 3 is 2.03 bits per heavy atom. The molecule has 0 N–H and O–H groups in total. The summed E-state index contributed by atoms with van der Waals surface area (Å²) in [6, 6.07) is 9.77. The van der Waals surface area contributed by atoms with Crippen LogP contribution in [0.2, 0.25) is 0 Å². The molecular weight excluding hydrogens is 421 g/mol. The van der Waals surface area contributed by atoms with Crippen LogP contribution >= 0.6 is 0 Å². The molecule has 2 aliphatic heterocycles. The topological polar surface area (TPSA) is 47.1 Å². The van der Waals surface area contributed by atoms with Crippen LogP contribution in [0.4, 0.5) is 18.9 Å². The second-order valence-corrected chi connectivity index (χ2v) is 8.02. The van der Waals surface area contributed by atoms with Crippen LogP contribution < -0.4 is 4.90 Å². The monoisotopic (exact) mass is 446 g/mol. The lowest BCUT2D eigenvalue weighted by Crippen LogP contribution is -2.54. The van der Waals surface area contributed by atoms with Crippen molar-refractivity contribution in [2.45, 2.75) is 0 Å². The van der Waals surface area contributed by atoms with Gasteiger partial charge in [-0.15, -0.1) is 0 Å². The highest BCUT2D eigenvalue weighted by atomic mass is 19.2. The summed E-state index contributed by atoms with van der Waals surface area (Å²) < 4.78 is 40.5. The van der Waals surface area contributed by atoms with E-state index in [1.165, 1.54) is 12.1 Å². The second kappa shape index (κ2) is 9.60. The Kier molecular flexibility index (Phi) is 6.64. The number of piperazine rings is 2. The first-order valence-corrected chi connectivity index (χ1v) is 10.7. The molecule has 0 spiro atoms. The zero-order chi connectivity index (χ0) is 22.7. The summed E-state index contributed by atoms with van der Waals surface area (Å²) in [7, 11) is 0. The van der Waals surface area contributed by atoms with Crippen molar-refractivity contribution >= 4 is 17.5 Å². The Bertz CT molecular complexity index is 987. The minimum Gasteiger partial charge on any atom is -0.366 e. The Hall–Kier alpha value is -3.07. The van der Waals surface area contributed by atoms with Gasteiger partial charge in [0.1, 0.15) is 5.82 Å². The molecule has 0 unspecified atom stereocenters. The van der Waals surface area contributed by atoms with Gasteiger partial charge in [0.15, 0.2) is 11.6 Å². The molecule has 0 radical (unpaired) electrons. The van der Waals surface area contributed by atoms with Crippen LogP contribution in [-0.4, -0.2) is 85.4 Å². The van der Waals surface area contributed by atoms with Crippen molar-refractivity contribution in [3.8, 4) is 0 Å². The number of hydrogen-bond acceptors (Lipinski definition) is 4. The highest BCUT2D eigenvalue weighted by Gasteiger charge is 2.27. The van der Waals surface area contributed by atoms with Crippen LogP contribution in [0.5, 0.6) is 0 Å². The van der Waals surface area contributed by atoms with Gasteiger partial charge in [0.05, 0.1) is 12.2 Å². The van der Waals surface area contributed by atoms with E-state index in [0.29, 0.717) is 58.0 Å². The highest BCUT2D eigenvalue weighted by molar-refractivity contribution is 5.94. The van der Waals surface area contributed by atoms with Crippen LogP contribution in [0.15, 0.2) is 42.5 Å². The molecule has 2 saturated heterocycles. The van der Waals surface area contributed by atoms with Gasteiger partial charge in [0.25, 0.3) is 5.91 Å². The molecule has 6 nitrogen and oxygen atoms in total. The third-order valence-electron chi connectivity index (χ3n) is 6.01. The van der Waals surface area contributed by atoms with E-state index in [4.69, 9.17) is 0 Å². The Morgan fingerprint density at radius 1 is 0.719 bits per heavy atom. The van der Waals surface area contributed by atoms with E-state index in [9.17, 15) is 22.8 Å². The number of para-hydroxylation sites is 1. The first-order chi connectivity index (χ1) is 15.4. The standard InChI is InChI=1S/C23H25F3N4O2/c24-18-6-5-17(15-20(18)26)23(32)30-9-7-27(8-10-30)16-22(31)29-13-11-28(12-14-29)21-4-2-1-3-19(21)25/h1-6,15H,7-14,16H2. The predicted molar refractivity (Wildman–Crippen MR) is 114 cm³/mol. The van der Waals surface area contributed by atoms with Crippen LogP contribution in [-0.2, 0) is 4.79 Å². The van der Waals surface area contributed by atoms with Crippen LogP contribution in [0.3, 0.4) is 0 Å². The van der Waals surface area contributed by atoms with Gasteiger partial charge in [0, 0.05) is 57.9 Å². The second-order valence-electron chi connectivity index (χ2n) is 8.02. The van der Waals surface area contributed by atoms with E-state index in [2.05, 4.69) is 0 Å². The lowest BCUT2D eigenvalue weighted by Gasteiger charge is -2.38. The summed E-state index contributed by atoms with van der Waals surface area (Å²) >= 11 is 0. The molecule has 0 saturated carbocycles. The summed E-state index contributed by atoms with van der Waals surface area (Å²) in [6.45, 7) is 4.33. The van der Waals surface area contributed by atoms with Gasteiger partial charge in [-0.25, -0.2) is 13.2 Å². The molecule has 2 heterocycles. The molecule has 0 aromatic heterocycles. The fourth-order valence-electron chi connectivity index (χ4n) is 4.12. The van der Waals surface area contributed by atoms with E-state index in [-0.39, 0.29) is 29.7 Å². The normalized spacial score (nSPS) is 17.5. The largest absolute Gasteiger partial charge is 0.366 e. The third-order valence-corrected chi connectivity index (χ3v) is 6.01. The number of rotatable bonds is 4. The average molecular weight is 446 g/mol. The Labute approximate surface area is 184 Å². The average Bonchev–Trinajstić information content (AvgIpc) is 2.81. The lowest BCUT2D eigenvalue weighted by atomic mass is 10.1. The maximum absolute atomic E-state index is 14.0. The first-order valence-electron chi connectivity index (χ1n) is 10.7. The van der Waals surface area contributed by atoms with Crippen molar-refractivity contribution < 1.29 is 22.8 Å². The smallest absolute Gasteiger partial charge is 0.254 e. The van der Waals surface area contributed by atoms with Crippen molar-refractivity contribution in [2.75, 3.05) is 63.8 Å². The maximum atomic E-state index is 14.0. The summed E-state index contributed by atoms with van der Waals surface area (Å²) in [5.74, 6) is -2.63. The minimum atomic E-state index is -1.05. The van der Waals surface area contributed by atoms with Gasteiger partial charge in [-0.1, -0.05) is 12.1 Å². The molecule has 32 heavy (non-hydrogen) atoms. The predicted octanol–water partition coefficient (Wildman–Crippen LogP) is 2.21. The fraction of sp³-hybridized carbons (Fsp3) is 0.391. The Morgan fingerprint density at radius 2 is 1.38 bits per heavy atom. The SMILES string of the molecule is O=C(CN1CCN(C(=O)c2ccc(F)c(F)c2)CC1)N1CCN(c2ccccc2F)CC1. The van der Waals surface area contributed by atoms with Crippen LogP contribution in [0.25, 0.3) is 0 Å². The van der Waals surface area contributed by atoms with Gasteiger partial charge in [-0.05, 0) is 30.3 Å². The van der Waals surface area contributed by atoms with E-state index >= 15 is 0 Å². The van der Waals surface area contributed by atoms with Gasteiger partial charge in [0.2, 0.25) is 5.91 Å². The first kappa shape index (κ1) is 22.1. The molecule has 2 aromatic carbocycles. The molecule has 9 heteroatoms. The molecule has 0 bridgehead atoms. The Balaban J connectivity index is 1.24. The zero-order valence-corrected chi connectivity index (χ0v) is 17.6. The molecule has 4 rings (SSSR count). The number of anilines is 1. The molecule has 2 aliphatic rings. The van der Waals surface area contributed by atoms with Crippen molar-refractivity contribution in [1.82, 2.24) is 14.7 Å². The molecule has 2 amide bonds. The van der Waals surface area contributed by atoms with Gasteiger partial charge < -0.3 is 14.7 Å². The number of nitrogens with zero attached hydrogens (tertiary/aromatic N) is 4. The molecule has 2 fully saturated rings. The number of hydrogen-bond donors (Lipinski definition) is 0. The molecule has 2 aromatic rings. The number of carbonyl (C=O) groups excluding carboxylic acids is 2. The summed E-state index contributed by atoms with van der Waals surface area (Å²) in [5, 5.41) is 0. The quantitative estimate of drug-likeness (QED) is 0.723. The van der Waals surface area contributed by atoms with Crippen molar-refractivity contribution in [3.05, 3.63) is 65.5 Å². The number of carbonyl (C=O) groups is 2. The number of benzene rings is 2. The van der Waals surface area contributed by atoms with E-state index in [1.54, 1.807) is 28.0 Å². The number of amides is 2. The van der Waals surface area contributed by atoms with Crippen LogP contribution in [0, 0.1) is 17.5 Å². The van der Waals surface area contributed by atoms with Crippen molar-refractivity contribution in [3.63, 3.8) is 0 Å². The molecule has 170 valence electrons. The zero-order valence-electron chi connectivity index (χ0n) is 17.6. The molecule has 0 aliphatic carbocycles. The molecule has 0 atom stereocenters. The van der Waals surface area contributed by atoms with E-state index < -0.39 is 11.6 Å². The molecular formula is C23H25F3N4O2.